The summed E-state index contributed by atoms with van der Waals surface area (Å²) in [7, 11) is 2.29. The van der Waals surface area contributed by atoms with Crippen LogP contribution < -0.4 is 32.7 Å². The van der Waals surface area contributed by atoms with Gasteiger partial charge >= 0.3 is 11.9 Å². The molecule has 4 aromatic rings. The molecule has 4 atom stereocenters. The summed E-state index contributed by atoms with van der Waals surface area (Å²) >= 11 is 0. The van der Waals surface area contributed by atoms with Gasteiger partial charge in [0, 0.05) is 35.7 Å². The van der Waals surface area contributed by atoms with Gasteiger partial charge in [-0.2, -0.15) is 0 Å². The normalized spacial score (nSPS) is 13.3. The Kier molecular flexibility index (Phi) is 14.8. The summed E-state index contributed by atoms with van der Waals surface area (Å²) in [6, 6.07) is 21.3. The van der Waals surface area contributed by atoms with E-state index >= 15 is 0 Å². The quantitative estimate of drug-likeness (QED) is 0.0509. The highest BCUT2D eigenvalue weighted by molar-refractivity contribution is 8.76. The van der Waals surface area contributed by atoms with Gasteiger partial charge in [-0.3, -0.25) is 28.8 Å². The van der Waals surface area contributed by atoms with Crippen molar-refractivity contribution in [1.82, 2.24) is 10.6 Å². The number of aliphatic carboxylic acids is 2. The molecule has 16 heteroatoms. The molecule has 0 aromatic heterocycles. The molecule has 4 rings (SSSR count). The molecule has 0 aliphatic rings. The summed E-state index contributed by atoms with van der Waals surface area (Å²) in [5, 5.41) is 32.5. The van der Waals surface area contributed by atoms with Crippen molar-refractivity contribution in [3.8, 4) is 0 Å². The summed E-state index contributed by atoms with van der Waals surface area (Å²) in [4.78, 5) is 74.7. The molecule has 0 saturated heterocycles. The van der Waals surface area contributed by atoms with E-state index in [9.17, 15) is 28.8 Å². The second-order valence-electron chi connectivity index (χ2n) is 11.9. The number of carboxylic acid groups (broad SMARTS) is 2. The smallest absolute Gasteiger partial charge is 0.303 e. The van der Waals surface area contributed by atoms with Crippen molar-refractivity contribution < 1.29 is 39.0 Å². The first-order chi connectivity index (χ1) is 24.9. The number of benzene rings is 4. The fourth-order valence-electron chi connectivity index (χ4n) is 4.97. The topological polar surface area (TPSA) is 243 Å². The number of rotatable bonds is 19. The van der Waals surface area contributed by atoms with Gasteiger partial charge in [0.2, 0.25) is 23.6 Å². The van der Waals surface area contributed by atoms with Crippen molar-refractivity contribution in [3.05, 3.63) is 84.9 Å². The van der Waals surface area contributed by atoms with Crippen LogP contribution in [0.15, 0.2) is 84.9 Å². The molecule has 14 nitrogen and oxygen atoms in total. The molecule has 0 unspecified atom stereocenters. The minimum absolute atomic E-state index is 0.00651. The molecule has 4 amide bonds. The lowest BCUT2D eigenvalue weighted by Gasteiger charge is -2.22. The maximum Gasteiger partial charge on any atom is 0.303 e. The third-order valence-electron chi connectivity index (χ3n) is 7.86. The fraction of sp³-hybridized carbons (Fsp3) is 0.278. The molecular weight excluding hydrogens is 709 g/mol. The van der Waals surface area contributed by atoms with E-state index in [2.05, 4.69) is 21.3 Å². The van der Waals surface area contributed by atoms with Crippen molar-refractivity contribution in [1.29, 1.82) is 0 Å². The van der Waals surface area contributed by atoms with Crippen LogP contribution in [0.3, 0.4) is 0 Å². The SMILES string of the molecule is N[C@@H](CCC(=O)O)C(=O)N[C@@H](CSSC[C@H](NC(=O)[C@@H](N)CCC(=O)O)C(=O)Nc1ccc2ccccc2c1)C(=O)Nc1ccc2ccccc2c1. The van der Waals surface area contributed by atoms with Crippen LogP contribution in [0.4, 0.5) is 11.4 Å². The first-order valence-electron chi connectivity index (χ1n) is 16.3. The van der Waals surface area contributed by atoms with Gasteiger partial charge < -0.3 is 42.9 Å². The number of nitrogens with two attached hydrogens (primary N) is 2. The average Bonchev–Trinajstić information content (AvgIpc) is 3.12. The zero-order valence-corrected chi connectivity index (χ0v) is 29.6. The Morgan fingerprint density at radius 1 is 0.538 bits per heavy atom. The largest absolute Gasteiger partial charge is 0.481 e. The summed E-state index contributed by atoms with van der Waals surface area (Å²) < 4.78 is 0. The number of fused-ring (bicyclic) bond motifs is 2. The lowest BCUT2D eigenvalue weighted by molar-refractivity contribution is -0.138. The molecule has 52 heavy (non-hydrogen) atoms. The predicted molar refractivity (Wildman–Crippen MR) is 204 cm³/mol. The zero-order chi connectivity index (χ0) is 37.6. The van der Waals surface area contributed by atoms with Crippen LogP contribution in [0.25, 0.3) is 21.5 Å². The molecule has 0 aliphatic carbocycles. The Bertz CT molecular complexity index is 1790. The Hall–Kier alpha value is -5.16. The van der Waals surface area contributed by atoms with Gasteiger partial charge in [0.15, 0.2) is 0 Å². The molecule has 10 N–H and O–H groups in total. The van der Waals surface area contributed by atoms with Crippen molar-refractivity contribution in [2.45, 2.75) is 49.9 Å². The van der Waals surface area contributed by atoms with E-state index in [0.29, 0.717) is 11.4 Å². The highest BCUT2D eigenvalue weighted by Crippen LogP contribution is 2.25. The second kappa shape index (κ2) is 19.4. The van der Waals surface area contributed by atoms with E-state index in [0.717, 1.165) is 43.1 Å². The average molecular weight is 749 g/mol. The predicted octanol–water partition coefficient (Wildman–Crippen LogP) is 3.31. The van der Waals surface area contributed by atoms with Gasteiger partial charge in [-0.25, -0.2) is 0 Å². The molecular formula is C36H40N6O8S2. The van der Waals surface area contributed by atoms with Crippen LogP contribution in [0.1, 0.15) is 25.7 Å². The number of hydrogen-bond donors (Lipinski definition) is 8. The molecule has 4 aromatic carbocycles. The van der Waals surface area contributed by atoms with Gasteiger partial charge in [0.05, 0.1) is 12.1 Å². The standard InChI is InChI=1S/C36H40N6O8S2/c37-27(13-15-31(43)44)33(47)41-29(35(49)39-25-11-9-21-5-1-3-7-23(21)17-25)19-51-52-20-30(42-34(48)28(38)14-16-32(45)46)36(50)40-26-12-10-22-6-2-4-8-24(22)18-26/h1-12,17-18,27-30H,13-16,19-20,37-38H2,(H,39,49)(H,40,50)(H,41,47)(H,42,48)(H,43,44)(H,45,46)/t27-,28-,29-,30-/m0/s1. The fourth-order valence-corrected chi connectivity index (χ4v) is 7.30. The first-order valence-corrected chi connectivity index (χ1v) is 18.8. The second-order valence-corrected chi connectivity index (χ2v) is 14.4. The van der Waals surface area contributed by atoms with E-state index in [1.54, 1.807) is 24.3 Å². The minimum atomic E-state index is -1.17. The number of hydrogen-bond acceptors (Lipinski definition) is 10. The number of amides is 4. The van der Waals surface area contributed by atoms with Crippen LogP contribution in [-0.4, -0.2) is 81.5 Å². The number of carbonyl (C=O) groups is 6. The Labute approximate surface area is 307 Å². The molecule has 0 fully saturated rings. The van der Waals surface area contributed by atoms with Crippen LogP contribution in [0, 0.1) is 0 Å². The van der Waals surface area contributed by atoms with Crippen molar-refractivity contribution in [3.63, 3.8) is 0 Å². The third kappa shape index (κ3) is 12.3. The van der Waals surface area contributed by atoms with Crippen LogP contribution in [0.5, 0.6) is 0 Å². The Balaban J connectivity index is 1.45. The molecule has 0 radical (unpaired) electrons. The molecule has 0 spiro atoms. The summed E-state index contributed by atoms with van der Waals surface area (Å²) in [6.45, 7) is 0. The molecule has 0 saturated carbocycles. The van der Waals surface area contributed by atoms with Gasteiger partial charge in [-0.05, 0) is 58.7 Å². The van der Waals surface area contributed by atoms with E-state index < -0.39 is 59.7 Å². The van der Waals surface area contributed by atoms with E-state index in [1.165, 1.54) is 0 Å². The maximum absolute atomic E-state index is 13.5. The van der Waals surface area contributed by atoms with Gasteiger partial charge in [0.25, 0.3) is 0 Å². The monoisotopic (exact) mass is 748 g/mol. The Morgan fingerprint density at radius 3 is 1.27 bits per heavy atom. The van der Waals surface area contributed by atoms with E-state index in [1.807, 2.05) is 60.7 Å². The molecule has 0 heterocycles. The molecule has 0 bridgehead atoms. The lowest BCUT2D eigenvalue weighted by Crippen LogP contribution is -2.51. The van der Waals surface area contributed by atoms with Crippen LogP contribution in [0.2, 0.25) is 0 Å². The van der Waals surface area contributed by atoms with Crippen LogP contribution >= 0.6 is 21.6 Å². The highest BCUT2D eigenvalue weighted by atomic mass is 33.1. The third-order valence-corrected chi connectivity index (χ3v) is 10.3. The minimum Gasteiger partial charge on any atom is -0.481 e. The highest BCUT2D eigenvalue weighted by Gasteiger charge is 2.27. The van der Waals surface area contributed by atoms with Crippen molar-refractivity contribution in [2.75, 3.05) is 22.1 Å². The molecule has 0 aliphatic heterocycles. The van der Waals surface area contributed by atoms with Crippen molar-refractivity contribution in [2.24, 2.45) is 11.5 Å². The summed E-state index contributed by atoms with van der Waals surface area (Å²) in [5.74, 6) is -4.73. The number of anilines is 2. The Morgan fingerprint density at radius 2 is 0.904 bits per heavy atom. The van der Waals surface area contributed by atoms with Crippen LogP contribution in [-0.2, 0) is 28.8 Å². The first kappa shape index (κ1) is 39.6. The van der Waals surface area contributed by atoms with Gasteiger partial charge in [0.1, 0.15) is 12.1 Å². The van der Waals surface area contributed by atoms with Gasteiger partial charge in [-0.1, -0.05) is 82.3 Å². The summed E-state index contributed by atoms with van der Waals surface area (Å²) in [6.07, 6.45) is -0.933. The maximum atomic E-state index is 13.5. The number of carbonyl (C=O) groups excluding carboxylic acids is 4. The number of carboxylic acids is 2. The van der Waals surface area contributed by atoms with E-state index in [-0.39, 0.29) is 37.2 Å². The lowest BCUT2D eigenvalue weighted by atomic mass is 10.1. The van der Waals surface area contributed by atoms with E-state index in [4.69, 9.17) is 21.7 Å². The van der Waals surface area contributed by atoms with Crippen molar-refractivity contribution >= 4 is 90.1 Å². The number of nitrogens with one attached hydrogen (secondary N) is 4. The summed E-state index contributed by atoms with van der Waals surface area (Å²) in [5.41, 5.74) is 12.8. The molecule has 274 valence electrons. The van der Waals surface area contributed by atoms with Gasteiger partial charge in [-0.15, -0.1) is 0 Å². The zero-order valence-electron chi connectivity index (χ0n) is 28.0.